The van der Waals surface area contributed by atoms with Crippen molar-refractivity contribution in [1.82, 2.24) is 10.4 Å². The summed E-state index contributed by atoms with van der Waals surface area (Å²) in [6.45, 7) is 1.73. The molecule has 1 saturated carbocycles. The summed E-state index contributed by atoms with van der Waals surface area (Å²) < 4.78 is 27.5. The second-order valence-corrected chi connectivity index (χ2v) is 10.3. The predicted octanol–water partition coefficient (Wildman–Crippen LogP) is 3.45. The minimum atomic E-state index is -3.83. The number of pyridine rings is 1. The average Bonchev–Trinajstić information content (AvgIpc) is 3.51. The molecule has 0 radical (unpaired) electrons. The smallest absolute Gasteiger partial charge is 0.273 e. The maximum atomic E-state index is 12.7. The Hall–Kier alpha value is -3.57. The lowest BCUT2D eigenvalue weighted by Gasteiger charge is -2.10. The van der Waals surface area contributed by atoms with Gasteiger partial charge in [-0.15, -0.1) is 11.3 Å². The van der Waals surface area contributed by atoms with Crippen LogP contribution in [0.4, 0.5) is 11.4 Å². The van der Waals surface area contributed by atoms with Gasteiger partial charge in [-0.2, -0.15) is 5.10 Å². The Balaban J connectivity index is 1.43. The molecule has 0 bridgehead atoms. The molecule has 2 aromatic heterocycles. The molecule has 4 rings (SSSR count). The Morgan fingerprint density at radius 2 is 1.88 bits per heavy atom. The lowest BCUT2D eigenvalue weighted by molar-refractivity contribution is -0.117. The van der Waals surface area contributed by atoms with Gasteiger partial charge in [0.05, 0.1) is 23.2 Å². The van der Waals surface area contributed by atoms with Crippen molar-refractivity contribution in [3.8, 4) is 0 Å². The molecule has 2 heterocycles. The molecule has 1 aromatic carbocycles. The lowest BCUT2D eigenvalue weighted by Crippen LogP contribution is -2.22. The number of anilines is 2. The van der Waals surface area contributed by atoms with Gasteiger partial charge in [-0.3, -0.25) is 19.3 Å². The number of rotatable bonds is 8. The molecule has 0 unspecified atom stereocenters. The Morgan fingerprint density at radius 1 is 1.12 bits per heavy atom. The van der Waals surface area contributed by atoms with Crippen molar-refractivity contribution in [1.29, 1.82) is 0 Å². The molecule has 2 amide bonds. The minimum absolute atomic E-state index is 0.0308. The number of hydrazone groups is 1. The van der Waals surface area contributed by atoms with E-state index < -0.39 is 15.9 Å². The van der Waals surface area contributed by atoms with E-state index in [9.17, 15) is 18.0 Å². The molecule has 0 atom stereocenters. The number of hydrogen-bond acceptors (Lipinski definition) is 7. The summed E-state index contributed by atoms with van der Waals surface area (Å²) in [7, 11) is -3.83. The Labute approximate surface area is 195 Å². The first-order chi connectivity index (χ1) is 15.8. The van der Waals surface area contributed by atoms with E-state index in [2.05, 4.69) is 25.6 Å². The Bertz CT molecular complexity index is 1300. The van der Waals surface area contributed by atoms with E-state index in [1.165, 1.54) is 24.5 Å². The highest BCUT2D eigenvalue weighted by Gasteiger charge is 2.29. The van der Waals surface area contributed by atoms with Crippen LogP contribution < -0.4 is 15.5 Å². The van der Waals surface area contributed by atoms with E-state index in [0.29, 0.717) is 11.4 Å². The lowest BCUT2D eigenvalue weighted by atomic mass is 10.1. The molecular weight excluding hydrogens is 462 g/mol. The number of benzene rings is 1. The van der Waals surface area contributed by atoms with Crippen molar-refractivity contribution >= 4 is 50.3 Å². The molecule has 1 aliphatic rings. The molecule has 1 fully saturated rings. The second kappa shape index (κ2) is 9.51. The van der Waals surface area contributed by atoms with E-state index >= 15 is 0 Å². The number of thiophene rings is 1. The van der Waals surface area contributed by atoms with Crippen molar-refractivity contribution < 1.29 is 18.0 Å². The average molecular weight is 484 g/mol. The number of nitrogens with one attached hydrogen (secondary N) is 3. The summed E-state index contributed by atoms with van der Waals surface area (Å²) in [5.41, 5.74) is 4.58. The molecular formula is C22H21N5O4S2. The number of sulfonamides is 1. The van der Waals surface area contributed by atoms with Gasteiger partial charge in [-0.1, -0.05) is 18.2 Å². The van der Waals surface area contributed by atoms with Crippen molar-refractivity contribution in [3.63, 3.8) is 0 Å². The number of nitrogens with zero attached hydrogens (tertiary/aromatic N) is 2. The van der Waals surface area contributed by atoms with Crippen LogP contribution in [-0.2, 0) is 14.8 Å². The molecule has 11 heteroatoms. The second-order valence-electron chi connectivity index (χ2n) is 7.44. The van der Waals surface area contributed by atoms with Gasteiger partial charge in [0.1, 0.15) is 4.21 Å². The quantitative estimate of drug-likeness (QED) is 0.334. The van der Waals surface area contributed by atoms with Gasteiger partial charge >= 0.3 is 0 Å². The summed E-state index contributed by atoms with van der Waals surface area (Å²) >= 11 is 1.07. The van der Waals surface area contributed by atoms with Crippen LogP contribution in [0.1, 0.15) is 35.7 Å². The van der Waals surface area contributed by atoms with E-state index in [1.54, 1.807) is 42.6 Å². The first-order valence-corrected chi connectivity index (χ1v) is 12.5. The van der Waals surface area contributed by atoms with Crippen molar-refractivity contribution in [2.45, 2.75) is 24.0 Å². The van der Waals surface area contributed by atoms with Crippen LogP contribution in [0.2, 0.25) is 0 Å². The van der Waals surface area contributed by atoms with Gasteiger partial charge in [-0.05, 0) is 55.0 Å². The van der Waals surface area contributed by atoms with E-state index in [1.807, 2.05) is 0 Å². The predicted molar refractivity (Wildman–Crippen MR) is 127 cm³/mol. The van der Waals surface area contributed by atoms with Crippen LogP contribution in [0.5, 0.6) is 0 Å². The summed E-state index contributed by atoms with van der Waals surface area (Å²) in [5.74, 6) is -0.437. The summed E-state index contributed by atoms with van der Waals surface area (Å²) in [6, 6.07) is 11.6. The normalized spacial score (nSPS) is 13.9. The minimum Gasteiger partial charge on any atom is -0.326 e. The highest BCUT2D eigenvalue weighted by molar-refractivity contribution is 7.94. The summed E-state index contributed by atoms with van der Waals surface area (Å²) in [5, 5.41) is 8.64. The molecule has 0 saturated heterocycles. The molecule has 33 heavy (non-hydrogen) atoms. The highest BCUT2D eigenvalue weighted by Crippen LogP contribution is 2.30. The van der Waals surface area contributed by atoms with Crippen LogP contribution in [0.25, 0.3) is 0 Å². The molecule has 1 aliphatic carbocycles. The first-order valence-electron chi connectivity index (χ1n) is 10.1. The molecule has 3 N–H and O–H groups in total. The third-order valence-corrected chi connectivity index (χ3v) is 7.68. The van der Waals surface area contributed by atoms with Crippen LogP contribution >= 0.6 is 11.3 Å². The fourth-order valence-electron chi connectivity index (χ4n) is 2.93. The van der Waals surface area contributed by atoms with Gasteiger partial charge in [-0.25, -0.2) is 13.8 Å². The van der Waals surface area contributed by atoms with E-state index in [-0.39, 0.29) is 27.3 Å². The van der Waals surface area contributed by atoms with Gasteiger partial charge < -0.3 is 5.32 Å². The van der Waals surface area contributed by atoms with Gasteiger partial charge in [0.25, 0.3) is 15.9 Å². The zero-order valence-corrected chi connectivity index (χ0v) is 19.2. The van der Waals surface area contributed by atoms with Gasteiger partial charge in [0.2, 0.25) is 5.91 Å². The highest BCUT2D eigenvalue weighted by atomic mass is 32.2. The summed E-state index contributed by atoms with van der Waals surface area (Å²) in [4.78, 5) is 28.5. The fourth-order valence-corrected chi connectivity index (χ4v) is 4.99. The van der Waals surface area contributed by atoms with E-state index in [4.69, 9.17) is 0 Å². The molecule has 0 spiro atoms. The third kappa shape index (κ3) is 5.62. The zero-order valence-electron chi connectivity index (χ0n) is 17.6. The van der Waals surface area contributed by atoms with Crippen molar-refractivity contribution in [2.75, 3.05) is 10.0 Å². The van der Waals surface area contributed by atoms with Crippen LogP contribution in [0.3, 0.4) is 0 Å². The van der Waals surface area contributed by atoms with Crippen molar-refractivity contribution in [3.05, 3.63) is 71.4 Å². The topological polar surface area (TPSA) is 130 Å². The number of amides is 2. The zero-order chi connectivity index (χ0) is 23.4. The largest absolute Gasteiger partial charge is 0.326 e. The first kappa shape index (κ1) is 22.6. The van der Waals surface area contributed by atoms with Gasteiger partial charge in [0, 0.05) is 17.8 Å². The van der Waals surface area contributed by atoms with Crippen LogP contribution in [-0.4, -0.2) is 30.9 Å². The molecule has 0 aliphatic heterocycles. The number of hydrogen-bond donors (Lipinski definition) is 3. The van der Waals surface area contributed by atoms with Crippen molar-refractivity contribution in [2.24, 2.45) is 11.0 Å². The Kier molecular flexibility index (Phi) is 6.52. The number of carbonyl (C=O) groups is 2. The maximum Gasteiger partial charge on any atom is 0.273 e. The maximum absolute atomic E-state index is 12.7. The Morgan fingerprint density at radius 3 is 2.55 bits per heavy atom. The third-order valence-electron chi connectivity index (χ3n) is 4.91. The standard InChI is InChI=1S/C22H21N5O4S2/c1-14(15-6-8-17(9-7-15)24-21(28)16-4-5-16)25-26-22(29)18-10-11-23-13-19(18)27-33(30,31)20-3-2-12-32-20/h2-3,6-13,16,27H,4-5H2,1H3,(H,24,28)(H,26,29). The number of carbonyl (C=O) groups excluding carboxylic acids is 2. The SMILES string of the molecule is CC(=NNC(=O)c1ccncc1NS(=O)(=O)c1cccs1)c1ccc(NC(=O)C2CC2)cc1. The molecule has 9 nitrogen and oxygen atoms in total. The van der Waals surface area contributed by atoms with Gasteiger partial charge in [0.15, 0.2) is 0 Å². The number of aromatic nitrogens is 1. The monoisotopic (exact) mass is 483 g/mol. The fraction of sp³-hybridized carbons (Fsp3) is 0.182. The van der Waals surface area contributed by atoms with Crippen LogP contribution in [0.15, 0.2) is 69.5 Å². The molecule has 3 aromatic rings. The molecule has 170 valence electrons. The van der Waals surface area contributed by atoms with E-state index in [0.717, 1.165) is 29.7 Å². The van der Waals surface area contributed by atoms with Crippen LogP contribution in [0, 0.1) is 5.92 Å². The summed E-state index contributed by atoms with van der Waals surface area (Å²) in [6.07, 6.45) is 4.53.